The van der Waals surface area contributed by atoms with Crippen LogP contribution in [0.2, 0.25) is 0 Å². The highest BCUT2D eigenvalue weighted by atomic mass is 14.8. The molecule has 0 atom stereocenters. The lowest BCUT2D eigenvalue weighted by Crippen LogP contribution is -2.11. The molecule has 0 radical (unpaired) electrons. The van der Waals surface area contributed by atoms with E-state index in [4.69, 9.17) is 63.1 Å². The third-order valence-corrected chi connectivity index (χ3v) is 12.6. The van der Waals surface area contributed by atoms with Crippen molar-refractivity contribution in [2.75, 3.05) is 63.1 Å². The highest BCUT2D eigenvalue weighted by molar-refractivity contribution is 6.60. The van der Waals surface area contributed by atoms with E-state index in [2.05, 4.69) is 20.8 Å². The van der Waals surface area contributed by atoms with Gasteiger partial charge in [-0.15, -0.1) is 0 Å². The summed E-state index contributed by atoms with van der Waals surface area (Å²) < 4.78 is 0. The Morgan fingerprint density at radius 1 is 0.160 bits per heavy atom. The molecule has 10 aromatic rings. The van der Waals surface area contributed by atoms with Crippen LogP contribution in [0.4, 0.5) is 62.6 Å². The van der Waals surface area contributed by atoms with Crippen molar-refractivity contribution in [2.24, 2.45) is 0 Å². The summed E-state index contributed by atoms with van der Waals surface area (Å²) in [5.41, 5.74) is 85.8. The third kappa shape index (κ3) is 2.47. The molecule has 22 N–H and O–H groups in total. The SMILES string of the molecule is Cc1c(N)c2c(N)c(N)c3c4c(N)c(N)c5c(N)c(N)c(N)c6c7c(N)c(N)c(C)c8c9c(N)c(C)c(C)c%10c(c1C)c2c3c(c%109)c(c78)c4c56. The minimum absolute atomic E-state index is 0.181. The molecule has 10 aromatic carbocycles. The summed E-state index contributed by atoms with van der Waals surface area (Å²) in [6, 6.07) is 0. The second-order valence-corrected chi connectivity index (χ2v) is 14.4. The molecule has 248 valence electrons. The molecule has 0 aromatic heterocycles. The van der Waals surface area contributed by atoms with Gasteiger partial charge in [0.25, 0.3) is 0 Å². The number of fused-ring (bicyclic) bond motifs is 4. The Kier molecular flexibility index (Phi) is 4.53. The minimum atomic E-state index is 0.181. The predicted octanol–water partition coefficient (Wildman–Crippen LogP) is 6.76. The Balaban J connectivity index is 1.84. The maximum atomic E-state index is 7.25. The van der Waals surface area contributed by atoms with E-state index in [1.54, 1.807) is 0 Å². The molecule has 0 heterocycles. The highest BCUT2D eigenvalue weighted by Gasteiger charge is 2.35. The second kappa shape index (κ2) is 7.98. The summed E-state index contributed by atoms with van der Waals surface area (Å²) in [6.07, 6.45) is 0. The summed E-state index contributed by atoms with van der Waals surface area (Å²) in [4.78, 5) is 0. The largest absolute Gasteiger partial charge is 0.398 e. The van der Waals surface area contributed by atoms with E-state index in [-0.39, 0.29) is 22.7 Å². The Bertz CT molecular complexity index is 3080. The maximum absolute atomic E-state index is 7.25. The first-order chi connectivity index (χ1) is 23.6. The monoisotopic (exact) mass is 659 g/mol. The zero-order valence-corrected chi connectivity index (χ0v) is 28.4. The van der Waals surface area contributed by atoms with Crippen LogP contribution in [0.5, 0.6) is 0 Å². The second-order valence-electron chi connectivity index (χ2n) is 14.4. The van der Waals surface area contributed by atoms with Gasteiger partial charge in [0.05, 0.1) is 51.2 Å². The number of hydrogen-bond acceptors (Lipinski definition) is 11. The van der Waals surface area contributed by atoms with Crippen molar-refractivity contribution in [3.63, 3.8) is 0 Å². The highest BCUT2D eigenvalue weighted by Crippen LogP contribution is 2.63. The van der Waals surface area contributed by atoms with Crippen LogP contribution in [-0.4, -0.2) is 0 Å². The summed E-state index contributed by atoms with van der Waals surface area (Å²) in [5, 5.41) is 14.6. The van der Waals surface area contributed by atoms with Gasteiger partial charge in [0.2, 0.25) is 0 Å². The average Bonchev–Trinajstić information content (AvgIpc) is 3.09. The lowest BCUT2D eigenvalue weighted by molar-refractivity contribution is 1.38. The molecule has 0 aliphatic rings. The molecule has 0 amide bonds. The molecular weight excluding hydrogens is 623 g/mol. The van der Waals surface area contributed by atoms with Gasteiger partial charge in [-0.05, 0) is 78.6 Å². The third-order valence-electron chi connectivity index (χ3n) is 12.6. The summed E-state index contributed by atoms with van der Waals surface area (Å²) in [6.45, 7) is 10.3. The number of benzene rings is 10. The minimum Gasteiger partial charge on any atom is -0.398 e. The molecule has 0 saturated heterocycles. The van der Waals surface area contributed by atoms with Gasteiger partial charge in [0, 0.05) is 92.2 Å². The summed E-state index contributed by atoms with van der Waals surface area (Å²) in [7, 11) is 0. The molecule has 50 heavy (non-hydrogen) atoms. The van der Waals surface area contributed by atoms with Crippen LogP contribution >= 0.6 is 0 Å². The van der Waals surface area contributed by atoms with Crippen molar-refractivity contribution < 1.29 is 0 Å². The van der Waals surface area contributed by atoms with Gasteiger partial charge in [0.1, 0.15) is 0 Å². The van der Waals surface area contributed by atoms with Gasteiger partial charge in [-0.2, -0.15) is 0 Å². The van der Waals surface area contributed by atoms with Crippen molar-refractivity contribution >= 4 is 160 Å². The van der Waals surface area contributed by atoms with Crippen molar-refractivity contribution in [1.82, 2.24) is 0 Å². The fraction of sp³-hybridized carbons (Fsp3) is 0.128. The fourth-order valence-electron chi connectivity index (χ4n) is 9.88. The van der Waals surface area contributed by atoms with Crippen molar-refractivity contribution in [2.45, 2.75) is 34.6 Å². The van der Waals surface area contributed by atoms with E-state index in [1.807, 2.05) is 13.8 Å². The van der Waals surface area contributed by atoms with E-state index in [0.717, 1.165) is 87.1 Å². The van der Waals surface area contributed by atoms with Crippen LogP contribution in [0.3, 0.4) is 0 Å². The van der Waals surface area contributed by atoms with E-state index in [1.165, 1.54) is 0 Å². The van der Waals surface area contributed by atoms with Crippen molar-refractivity contribution in [3.8, 4) is 0 Å². The molecule has 10 rings (SSSR count). The van der Waals surface area contributed by atoms with Gasteiger partial charge < -0.3 is 63.1 Å². The average molecular weight is 660 g/mol. The Morgan fingerprint density at radius 3 is 0.840 bits per heavy atom. The number of hydrogen-bond donors (Lipinski definition) is 11. The van der Waals surface area contributed by atoms with Crippen LogP contribution in [0.1, 0.15) is 27.8 Å². The summed E-state index contributed by atoms with van der Waals surface area (Å²) >= 11 is 0. The first kappa shape index (κ1) is 28.4. The molecule has 11 nitrogen and oxygen atoms in total. The van der Waals surface area contributed by atoms with Crippen LogP contribution < -0.4 is 63.1 Å². The molecular formula is C39H37N11. The first-order valence-corrected chi connectivity index (χ1v) is 16.4. The topological polar surface area (TPSA) is 286 Å². The number of aryl methyl sites for hydroxylation is 3. The molecule has 0 fully saturated rings. The fourth-order valence-corrected chi connectivity index (χ4v) is 9.88. The van der Waals surface area contributed by atoms with Crippen molar-refractivity contribution in [1.29, 1.82) is 0 Å². The van der Waals surface area contributed by atoms with Crippen molar-refractivity contribution in [3.05, 3.63) is 27.8 Å². The molecule has 11 heteroatoms. The van der Waals surface area contributed by atoms with Crippen LogP contribution in [0, 0.1) is 34.6 Å². The van der Waals surface area contributed by atoms with Crippen LogP contribution in [0.15, 0.2) is 0 Å². The van der Waals surface area contributed by atoms with Crippen LogP contribution in [-0.2, 0) is 0 Å². The smallest absolute Gasteiger partial charge is 0.0795 e. The normalized spacial score (nSPS) is 13.0. The van der Waals surface area contributed by atoms with E-state index in [0.29, 0.717) is 77.5 Å². The number of nitrogens with two attached hydrogens (primary N) is 11. The van der Waals surface area contributed by atoms with E-state index >= 15 is 0 Å². The predicted molar refractivity (Wildman–Crippen MR) is 221 cm³/mol. The number of anilines is 11. The van der Waals surface area contributed by atoms with E-state index < -0.39 is 0 Å². The van der Waals surface area contributed by atoms with Gasteiger partial charge >= 0.3 is 0 Å². The molecule has 0 aliphatic heterocycles. The Hall–Kier alpha value is -6.62. The van der Waals surface area contributed by atoms with Gasteiger partial charge in [0.15, 0.2) is 0 Å². The zero-order valence-electron chi connectivity index (χ0n) is 28.4. The zero-order chi connectivity index (χ0) is 35.6. The molecule has 0 saturated carbocycles. The first-order valence-electron chi connectivity index (χ1n) is 16.4. The Labute approximate surface area is 284 Å². The van der Waals surface area contributed by atoms with E-state index in [9.17, 15) is 0 Å². The number of nitrogen functional groups attached to an aromatic ring is 11. The molecule has 0 spiro atoms. The lowest BCUT2D eigenvalue weighted by Gasteiger charge is -2.31. The Morgan fingerprint density at radius 2 is 0.380 bits per heavy atom. The summed E-state index contributed by atoms with van der Waals surface area (Å²) in [5.74, 6) is 0. The molecule has 0 aliphatic carbocycles. The molecule has 0 unspecified atom stereocenters. The quantitative estimate of drug-likeness (QED) is 0.0459. The van der Waals surface area contributed by atoms with Crippen LogP contribution in [0.25, 0.3) is 97.0 Å². The lowest BCUT2D eigenvalue weighted by atomic mass is 9.73. The van der Waals surface area contributed by atoms with Gasteiger partial charge in [-0.25, -0.2) is 0 Å². The molecule has 0 bridgehead atoms. The maximum Gasteiger partial charge on any atom is 0.0795 e. The van der Waals surface area contributed by atoms with Gasteiger partial charge in [-0.3, -0.25) is 0 Å². The number of rotatable bonds is 0. The standard InChI is InChI=1S/C39H37N11/c1-6-8(3)29(40)22-13-10(5)31(42)32(43)23-15(13)18-17-14(22)11(6)12-7(2)9(4)30(41)27-16(12)19(17)24(33(44)36(27)47)25-20(18)21-26(23)35(46)39(50)38(49)28(21)37(48)34(25)45/h40-50H2,1-5H3. The van der Waals surface area contributed by atoms with Gasteiger partial charge in [-0.1, -0.05) is 0 Å².